The van der Waals surface area contributed by atoms with Crippen LogP contribution in [-0.2, 0) is 29.5 Å². The molecule has 0 N–H and O–H groups in total. The summed E-state index contributed by atoms with van der Waals surface area (Å²) in [5.74, 6) is 0. The van der Waals surface area contributed by atoms with Crippen LogP contribution >= 0.6 is 0 Å². The highest BCUT2D eigenvalue weighted by Crippen LogP contribution is 2.38. The van der Waals surface area contributed by atoms with Gasteiger partial charge in [0.2, 0.25) is 10.0 Å². The zero-order valence-electron chi connectivity index (χ0n) is 17.7. The van der Waals surface area contributed by atoms with Crippen molar-refractivity contribution in [1.29, 1.82) is 0 Å². The molecule has 2 heterocycles. The van der Waals surface area contributed by atoms with Crippen molar-refractivity contribution in [3.8, 4) is 0 Å². The van der Waals surface area contributed by atoms with Gasteiger partial charge in [-0.2, -0.15) is 4.31 Å². The number of aryl methyl sites for hydroxylation is 1. The Bertz CT molecular complexity index is 1250. The van der Waals surface area contributed by atoms with E-state index in [0.29, 0.717) is 18.0 Å². The van der Waals surface area contributed by atoms with Crippen LogP contribution in [0.1, 0.15) is 27.8 Å². The molecule has 0 saturated heterocycles. The van der Waals surface area contributed by atoms with Crippen LogP contribution in [0.15, 0.2) is 84.3 Å². The second kappa shape index (κ2) is 7.75. The van der Waals surface area contributed by atoms with Gasteiger partial charge in [0, 0.05) is 19.6 Å². The van der Waals surface area contributed by atoms with E-state index >= 15 is 0 Å². The number of hydrogen-bond acceptors (Lipinski definition) is 3. The van der Waals surface area contributed by atoms with Crippen molar-refractivity contribution in [2.45, 2.75) is 37.5 Å². The predicted octanol–water partition coefficient (Wildman–Crippen LogP) is 4.60. The molecular formula is C26H26N2O2S. The molecule has 3 aromatic rings. The van der Waals surface area contributed by atoms with Crippen LogP contribution in [0.4, 0.5) is 0 Å². The Labute approximate surface area is 184 Å². The SMILES string of the molecule is C=C1c2ccccc2CN(S(=O)(=O)c2ccc(C)cc2)C1N1CCc2ccccc2C1. The molecule has 3 aromatic carbocycles. The molecule has 2 aliphatic rings. The van der Waals surface area contributed by atoms with Gasteiger partial charge in [0.15, 0.2) is 0 Å². The van der Waals surface area contributed by atoms with Crippen molar-refractivity contribution in [3.63, 3.8) is 0 Å². The monoisotopic (exact) mass is 430 g/mol. The van der Waals surface area contributed by atoms with Crippen molar-refractivity contribution < 1.29 is 8.42 Å². The number of fused-ring (bicyclic) bond motifs is 2. The van der Waals surface area contributed by atoms with E-state index in [0.717, 1.165) is 35.2 Å². The highest BCUT2D eigenvalue weighted by molar-refractivity contribution is 7.89. The van der Waals surface area contributed by atoms with Crippen molar-refractivity contribution in [2.24, 2.45) is 0 Å². The Hall–Kier alpha value is -2.73. The quantitative estimate of drug-likeness (QED) is 0.610. The van der Waals surface area contributed by atoms with E-state index in [4.69, 9.17) is 0 Å². The fourth-order valence-corrected chi connectivity index (χ4v) is 6.31. The summed E-state index contributed by atoms with van der Waals surface area (Å²) in [6, 6.07) is 23.5. The van der Waals surface area contributed by atoms with Crippen LogP contribution in [0, 0.1) is 6.92 Å². The highest BCUT2D eigenvalue weighted by Gasteiger charge is 2.41. The van der Waals surface area contributed by atoms with Crippen LogP contribution in [0.25, 0.3) is 5.57 Å². The molecule has 1 unspecified atom stereocenters. The third-order valence-electron chi connectivity index (χ3n) is 6.41. The highest BCUT2D eigenvalue weighted by atomic mass is 32.2. The molecule has 0 bridgehead atoms. The van der Waals surface area contributed by atoms with Gasteiger partial charge in [0.25, 0.3) is 0 Å². The summed E-state index contributed by atoms with van der Waals surface area (Å²) in [5, 5.41) is 0. The second-order valence-corrected chi connectivity index (χ2v) is 10.3. The lowest BCUT2D eigenvalue weighted by Crippen LogP contribution is -2.54. The zero-order chi connectivity index (χ0) is 21.6. The van der Waals surface area contributed by atoms with Gasteiger partial charge in [0.1, 0.15) is 6.17 Å². The minimum atomic E-state index is -3.70. The Kier molecular flexibility index (Phi) is 5.05. The van der Waals surface area contributed by atoms with E-state index in [1.807, 2.05) is 43.3 Å². The molecule has 0 amide bonds. The van der Waals surface area contributed by atoms with Gasteiger partial charge in [-0.05, 0) is 53.3 Å². The van der Waals surface area contributed by atoms with E-state index in [1.54, 1.807) is 16.4 Å². The summed E-state index contributed by atoms with van der Waals surface area (Å²) < 4.78 is 29.3. The van der Waals surface area contributed by atoms with Crippen molar-refractivity contribution >= 4 is 15.6 Å². The molecule has 1 atom stereocenters. The molecule has 0 fully saturated rings. The number of rotatable bonds is 3. The summed E-state index contributed by atoms with van der Waals surface area (Å²) in [4.78, 5) is 2.58. The Morgan fingerprint density at radius 1 is 0.839 bits per heavy atom. The average Bonchev–Trinajstić information content (AvgIpc) is 2.79. The maximum absolute atomic E-state index is 13.8. The largest absolute Gasteiger partial charge is 0.279 e. The topological polar surface area (TPSA) is 40.6 Å². The maximum atomic E-state index is 13.8. The summed E-state index contributed by atoms with van der Waals surface area (Å²) in [7, 11) is -3.70. The number of nitrogens with zero attached hydrogens (tertiary/aromatic N) is 2. The standard InChI is InChI=1S/C26H26N2O2S/c1-19-11-13-24(14-12-19)31(29,30)28-18-23-9-5-6-10-25(23)20(2)26(28)27-16-15-21-7-3-4-8-22(21)17-27/h3-14,26H,2,15-18H2,1H3. The first kappa shape index (κ1) is 20.2. The van der Waals surface area contributed by atoms with E-state index in [2.05, 4.69) is 35.7 Å². The molecule has 31 heavy (non-hydrogen) atoms. The summed E-state index contributed by atoms with van der Waals surface area (Å²) in [5.41, 5.74) is 6.54. The zero-order valence-corrected chi connectivity index (χ0v) is 18.5. The predicted molar refractivity (Wildman–Crippen MR) is 124 cm³/mol. The van der Waals surface area contributed by atoms with Gasteiger partial charge in [0.05, 0.1) is 4.90 Å². The molecule has 2 aliphatic heterocycles. The smallest absolute Gasteiger partial charge is 0.245 e. The minimum Gasteiger partial charge on any atom is -0.279 e. The fraction of sp³-hybridized carbons (Fsp3) is 0.231. The molecule has 5 heteroatoms. The van der Waals surface area contributed by atoms with E-state index < -0.39 is 16.2 Å². The second-order valence-electron chi connectivity index (χ2n) is 8.41. The lowest BCUT2D eigenvalue weighted by molar-refractivity contribution is 0.121. The molecule has 5 rings (SSSR count). The number of hydrogen-bond donors (Lipinski definition) is 0. The molecular weight excluding hydrogens is 404 g/mol. The van der Waals surface area contributed by atoms with Gasteiger partial charge in [-0.3, -0.25) is 4.90 Å². The summed E-state index contributed by atoms with van der Waals surface area (Å²) in [6.07, 6.45) is 0.495. The lowest BCUT2D eigenvalue weighted by atomic mass is 9.92. The normalized spacial score (nSPS) is 19.6. The van der Waals surface area contributed by atoms with E-state index in [-0.39, 0.29) is 0 Å². The third-order valence-corrected chi connectivity index (χ3v) is 8.22. The summed E-state index contributed by atoms with van der Waals surface area (Å²) in [6.45, 7) is 8.20. The van der Waals surface area contributed by atoms with Crippen molar-refractivity contribution in [2.75, 3.05) is 6.54 Å². The van der Waals surface area contributed by atoms with Crippen LogP contribution < -0.4 is 0 Å². The van der Waals surface area contributed by atoms with Gasteiger partial charge < -0.3 is 0 Å². The summed E-state index contributed by atoms with van der Waals surface area (Å²) >= 11 is 0. The van der Waals surface area contributed by atoms with Crippen LogP contribution in [0.3, 0.4) is 0 Å². The Morgan fingerprint density at radius 2 is 1.48 bits per heavy atom. The molecule has 0 aromatic heterocycles. The number of benzene rings is 3. The average molecular weight is 431 g/mol. The molecule has 158 valence electrons. The first-order valence-electron chi connectivity index (χ1n) is 10.6. The maximum Gasteiger partial charge on any atom is 0.245 e. The van der Waals surface area contributed by atoms with E-state index in [1.165, 1.54) is 11.1 Å². The molecule has 0 aliphatic carbocycles. The Balaban J connectivity index is 1.59. The molecule has 4 nitrogen and oxygen atoms in total. The molecule has 0 radical (unpaired) electrons. The van der Waals surface area contributed by atoms with Crippen LogP contribution in [0.5, 0.6) is 0 Å². The Morgan fingerprint density at radius 3 is 2.23 bits per heavy atom. The number of sulfonamides is 1. The molecule has 0 saturated carbocycles. The first-order valence-corrected chi connectivity index (χ1v) is 12.1. The lowest BCUT2D eigenvalue weighted by Gasteiger charge is -2.45. The van der Waals surface area contributed by atoms with Crippen LogP contribution in [0.2, 0.25) is 0 Å². The van der Waals surface area contributed by atoms with Crippen LogP contribution in [-0.4, -0.2) is 30.3 Å². The first-order chi connectivity index (χ1) is 14.9. The van der Waals surface area contributed by atoms with Crippen molar-refractivity contribution in [3.05, 3.63) is 107 Å². The van der Waals surface area contributed by atoms with Gasteiger partial charge >= 0.3 is 0 Å². The van der Waals surface area contributed by atoms with Gasteiger partial charge in [-0.1, -0.05) is 72.8 Å². The molecule has 0 spiro atoms. The van der Waals surface area contributed by atoms with Crippen molar-refractivity contribution in [1.82, 2.24) is 9.21 Å². The minimum absolute atomic E-state index is 0.327. The third kappa shape index (κ3) is 3.53. The van der Waals surface area contributed by atoms with Gasteiger partial charge in [-0.25, -0.2) is 8.42 Å². The van der Waals surface area contributed by atoms with E-state index in [9.17, 15) is 8.42 Å². The van der Waals surface area contributed by atoms with Gasteiger partial charge in [-0.15, -0.1) is 0 Å². The fourth-order valence-electron chi connectivity index (χ4n) is 4.73.